The lowest BCUT2D eigenvalue weighted by Gasteiger charge is -2.22. The van der Waals surface area contributed by atoms with E-state index in [1.165, 1.54) is 0 Å². The number of fused-ring (bicyclic) bond motifs is 5. The summed E-state index contributed by atoms with van der Waals surface area (Å²) in [7, 11) is 0. The highest BCUT2D eigenvalue weighted by molar-refractivity contribution is 5.86. The first-order chi connectivity index (χ1) is 51.8. The Balaban J connectivity index is 0.000000689. The minimum absolute atomic E-state index is 0. The van der Waals surface area contributed by atoms with E-state index in [1.807, 2.05) is 0 Å². The van der Waals surface area contributed by atoms with Crippen LogP contribution in [0.5, 0.6) is 0 Å². The Morgan fingerprint density at radius 3 is 0.835 bits per heavy atom. The quantitative estimate of drug-likeness (QED) is 0.111. The van der Waals surface area contributed by atoms with Gasteiger partial charge in [0.15, 0.2) is 0 Å². The normalized spacial score (nSPS) is 29.4. The summed E-state index contributed by atoms with van der Waals surface area (Å²) in [6, 6.07) is 8.58. The zero-order valence-corrected chi connectivity index (χ0v) is 65.2. The monoisotopic (exact) mass is 1690 g/mol. The molecule has 10 N–H and O–H groups in total. The molecular weight excluding hydrogens is 1570 g/mol. The Kier molecular flexibility index (Phi) is 47.4. The van der Waals surface area contributed by atoms with Crippen LogP contribution in [0, 0.1) is 105 Å². The van der Waals surface area contributed by atoms with E-state index in [-0.39, 0.29) is 145 Å². The Labute approximate surface area is 694 Å². The third-order valence-corrected chi connectivity index (χ3v) is 24.0. The largest absolute Gasteiger partial charge is 0.446 e. The van der Waals surface area contributed by atoms with Crippen molar-refractivity contribution in [3.63, 3.8) is 0 Å². The number of aldehydes is 1. The van der Waals surface area contributed by atoms with Gasteiger partial charge in [0.1, 0.15) is 62.2 Å². The number of nitriles is 4. The molecule has 9 heterocycles. The van der Waals surface area contributed by atoms with Crippen LogP contribution in [0.3, 0.4) is 0 Å². The summed E-state index contributed by atoms with van der Waals surface area (Å²) in [5.41, 5.74) is 5.17. The lowest BCUT2D eigenvalue weighted by atomic mass is 10.0. The summed E-state index contributed by atoms with van der Waals surface area (Å²) in [5.74, 6) is 4.90. The summed E-state index contributed by atoms with van der Waals surface area (Å²) < 4.78 is 31.2. The predicted octanol–water partition coefficient (Wildman–Crippen LogP) is 1.58. The average Bonchev–Trinajstić information content (AvgIpc) is 1.67. The molecule has 14 rings (SSSR count). The molecule has 17 atom stereocenters. The van der Waals surface area contributed by atoms with Gasteiger partial charge in [0, 0.05) is 122 Å². The minimum atomic E-state index is -4.64. The van der Waals surface area contributed by atoms with Gasteiger partial charge in [-0.05, 0) is 162 Å². The van der Waals surface area contributed by atoms with Gasteiger partial charge in [0.2, 0.25) is 53.5 Å². The number of likely N-dealkylation sites (tertiary alicyclic amines) is 8. The lowest BCUT2D eigenvalue weighted by molar-refractivity contribution is -0.156. The lowest BCUT2D eigenvalue weighted by Crippen LogP contribution is -2.43. The van der Waals surface area contributed by atoms with Gasteiger partial charge in [0.05, 0.1) is 50.5 Å². The van der Waals surface area contributed by atoms with Gasteiger partial charge in [-0.15, -0.1) is 37.2 Å². The van der Waals surface area contributed by atoms with Crippen molar-refractivity contribution in [2.45, 2.75) is 194 Å². The van der Waals surface area contributed by atoms with Crippen LogP contribution in [0.1, 0.15) is 145 Å². The molecule has 0 bridgehead atoms. The number of alkyl halides is 3. The second-order valence-corrected chi connectivity index (χ2v) is 31.0. The molecule has 5 saturated carbocycles. The van der Waals surface area contributed by atoms with Gasteiger partial charge in [-0.1, -0.05) is 29.7 Å². The highest BCUT2D eigenvalue weighted by Gasteiger charge is 2.47. The number of nitrogens with zero attached hydrogens (tertiary/aromatic N) is 12. The number of halogens is 6. The van der Waals surface area contributed by atoms with E-state index in [0.29, 0.717) is 161 Å². The van der Waals surface area contributed by atoms with Crippen molar-refractivity contribution in [1.82, 2.24) is 60.5 Å². The number of hydrogen-bond acceptors (Lipinski definition) is 24. The summed E-state index contributed by atoms with van der Waals surface area (Å²) >= 11 is 0. The van der Waals surface area contributed by atoms with Crippen molar-refractivity contribution < 1.29 is 86.3 Å². The molecule has 0 aromatic heterocycles. The molecule has 0 radical (unpaired) electrons. The first-order valence-corrected chi connectivity index (χ1v) is 38.3. The van der Waals surface area contributed by atoms with Crippen molar-refractivity contribution in [1.29, 1.82) is 21.0 Å². The zero-order valence-electron chi connectivity index (χ0n) is 62.8. The Bertz CT molecular complexity index is 3060. The number of aliphatic hydroxyl groups excluding tert-OH is 4. The van der Waals surface area contributed by atoms with Crippen molar-refractivity contribution in [3.8, 4) is 24.3 Å². The molecule has 115 heavy (non-hydrogen) atoms. The molecule has 9 aliphatic heterocycles. The van der Waals surface area contributed by atoms with Crippen LogP contribution in [0.4, 0.5) is 13.2 Å². The predicted molar refractivity (Wildman–Crippen MR) is 425 cm³/mol. The Morgan fingerprint density at radius 1 is 0.409 bits per heavy atom. The van der Waals surface area contributed by atoms with Gasteiger partial charge in [0.25, 0.3) is 0 Å². The maximum atomic E-state index is 12.2. The van der Waals surface area contributed by atoms with Crippen LogP contribution in [-0.4, -0.2) is 317 Å². The van der Waals surface area contributed by atoms with E-state index in [9.17, 15) is 61.1 Å². The number of amides is 8. The fraction of sp³-hybridized carbons (Fsp3) is 0.805. The number of nitrogens with one attached hydrogen (secondary N) is 4. The summed E-state index contributed by atoms with van der Waals surface area (Å²) in [4.78, 5) is 138. The fourth-order valence-electron chi connectivity index (χ4n) is 18.5. The molecular formula is C77H127Cl3F3N17O15. The molecule has 652 valence electrons. The van der Waals surface area contributed by atoms with E-state index < -0.39 is 38.9 Å². The maximum Gasteiger partial charge on any atom is 0.446 e. The molecule has 0 aromatic carbocycles. The van der Waals surface area contributed by atoms with Crippen LogP contribution in [0.2, 0.25) is 0 Å². The van der Waals surface area contributed by atoms with Gasteiger partial charge in [-0.3, -0.25) is 52.7 Å². The standard InChI is InChI=1S/3C16H24N4O3.C9H13NO3.C7H11N3O.C7H11NO.C2HF3O.4CH4.3ClH/c3*17-6-14-2-1-3-20(14)15(22)7-18-13-4-11-8-19(16(23)10-21)9-12(11)5-13;11-5-9(13)10-3-6-1-8(12)2-7(6)4-10;8-4-6-2-1-3-10(6)7(11)5-9;9-7-1-5-3-8-4-6(5)2-7;3-2(4,5)1-6;;;;;;;/h3*11-14,18,21H,1-5,7-10H2;6-7,11H,1-5H2;6H,1-3,5,9H2;5-6,8H,1-4H2;1H;4*1H4;3*1H/t3*11-,12+,13?,14-;6-,7+;6-;5-,6+;;;;;;;;/m000.0........./s1. The van der Waals surface area contributed by atoms with Crippen LogP contribution in [-0.2, 0) is 52.7 Å². The molecule has 0 aromatic rings. The molecule has 0 spiro atoms. The summed E-state index contributed by atoms with van der Waals surface area (Å²) in [5, 5.41) is 84.5. The van der Waals surface area contributed by atoms with Gasteiger partial charge < -0.3 is 86.6 Å². The molecule has 9 saturated heterocycles. The summed E-state index contributed by atoms with van der Waals surface area (Å²) in [6.07, 6.45) is 9.83. The van der Waals surface area contributed by atoms with E-state index >= 15 is 0 Å². The van der Waals surface area contributed by atoms with Gasteiger partial charge in [-0.25, -0.2) is 0 Å². The number of aliphatic hydroxyl groups is 4. The van der Waals surface area contributed by atoms with Crippen LogP contribution in [0.25, 0.3) is 0 Å². The maximum absolute atomic E-state index is 12.2. The second-order valence-electron chi connectivity index (χ2n) is 31.0. The number of nitrogens with two attached hydrogens (primary N) is 1. The van der Waals surface area contributed by atoms with Crippen molar-refractivity contribution >= 4 is 102 Å². The van der Waals surface area contributed by atoms with Crippen molar-refractivity contribution in [3.05, 3.63) is 0 Å². The Morgan fingerprint density at radius 2 is 0.626 bits per heavy atom. The summed E-state index contributed by atoms with van der Waals surface area (Å²) in [6.45, 7) is 9.81. The van der Waals surface area contributed by atoms with E-state index in [1.54, 1.807) is 39.2 Å². The highest BCUT2D eigenvalue weighted by Crippen LogP contribution is 2.41. The van der Waals surface area contributed by atoms with E-state index in [4.69, 9.17) is 52.0 Å². The molecule has 8 amide bonds. The number of Topliss-reactive ketones (excluding diaryl/α,β-unsaturated/α-hetero) is 2. The molecule has 3 unspecified atom stereocenters. The first-order valence-electron chi connectivity index (χ1n) is 38.3. The third-order valence-electron chi connectivity index (χ3n) is 24.0. The average molecular weight is 1690 g/mol. The number of carbonyl (C=O) groups excluding carboxylic acids is 11. The second kappa shape index (κ2) is 51.4. The zero-order chi connectivity index (χ0) is 78.4. The highest BCUT2D eigenvalue weighted by atomic mass is 35.5. The fourth-order valence-corrected chi connectivity index (χ4v) is 18.5. The smallest absolute Gasteiger partial charge is 0.387 e. The molecule has 14 fully saturated rings. The molecule has 32 nitrogen and oxygen atoms in total. The SMILES string of the molecule is C.C.C.C.Cl.Cl.Cl.N#C[C@@H]1CCCN1C(=O)CN.N#C[C@@H]1CCCN1C(=O)CNC1C[C@@H]2CN(C(=O)CO)C[C@@H]2C1.N#C[C@@H]1CCCN1C(=O)CNC1C[C@@H]2CN(C(=O)CO)C[C@@H]2C1.N#C[C@@H]1CCCN1C(=O)CNC1C[C@@H]2CN(C(=O)CO)C[C@@H]2C1.O=C1C[C@@H]2CN(C(=O)CO)C[C@@H]2C1.O=C1C[C@H]2CNC[C@H]2C1.O=CC(F)(F)F. The topological polar surface area (TPSA) is 464 Å². The molecule has 5 aliphatic carbocycles. The molecule has 14 aliphatic rings. The molecule has 38 heteroatoms. The number of ketones is 2. The van der Waals surface area contributed by atoms with Crippen LogP contribution < -0.4 is 27.0 Å². The Hall–Kier alpha value is -6.97. The van der Waals surface area contributed by atoms with Gasteiger partial charge >= 0.3 is 6.18 Å². The van der Waals surface area contributed by atoms with E-state index in [2.05, 4.69) is 45.5 Å². The third kappa shape index (κ3) is 29.8. The van der Waals surface area contributed by atoms with Crippen molar-refractivity contribution in [2.75, 3.05) is 144 Å². The van der Waals surface area contributed by atoms with E-state index in [0.717, 1.165) is 155 Å². The number of rotatable bonds is 14. The first kappa shape index (κ1) is 106. The number of carbonyl (C=O) groups is 11. The van der Waals surface area contributed by atoms with Crippen LogP contribution in [0.15, 0.2) is 0 Å². The minimum Gasteiger partial charge on any atom is -0.387 e. The number of hydrogen-bond donors (Lipinski definition) is 9. The van der Waals surface area contributed by atoms with Gasteiger partial charge in [-0.2, -0.15) is 34.2 Å². The van der Waals surface area contributed by atoms with Crippen molar-refractivity contribution in [2.24, 2.45) is 64.9 Å². The van der Waals surface area contributed by atoms with Crippen LogP contribution >= 0.6 is 37.2 Å².